The Labute approximate surface area is 49.8 Å². The normalized spacial score (nSPS) is 26.1. The van der Waals surface area contributed by atoms with E-state index in [1.165, 1.54) is 4.31 Å². The fourth-order valence-corrected chi connectivity index (χ4v) is 0.916. The highest BCUT2D eigenvalue weighted by Gasteiger charge is 2.15. The van der Waals surface area contributed by atoms with E-state index in [1.807, 2.05) is 0 Å². The highest BCUT2D eigenvalue weighted by atomic mass is 32.2. The van der Waals surface area contributed by atoms with Gasteiger partial charge < -0.3 is 4.74 Å². The number of hydrogen-bond donors (Lipinski definition) is 1. The van der Waals surface area contributed by atoms with Crippen LogP contribution in [0.15, 0.2) is 0 Å². The van der Waals surface area contributed by atoms with Gasteiger partial charge in [-0.05, 0) is 0 Å². The Kier molecular flexibility index (Phi) is 1.95. The van der Waals surface area contributed by atoms with Crippen molar-refractivity contribution in [2.24, 2.45) is 0 Å². The molecule has 0 aromatic rings. The average molecular weight is 137 g/mol. The molecule has 0 aliphatic carbocycles. The van der Waals surface area contributed by atoms with Crippen molar-refractivity contribution in [2.75, 3.05) is 19.9 Å². The first-order valence-corrected chi connectivity index (χ1v) is 3.31. The van der Waals surface area contributed by atoms with Crippen LogP contribution in [0.25, 0.3) is 0 Å². The fourth-order valence-electron chi connectivity index (χ4n) is 0.520. The van der Waals surface area contributed by atoms with Gasteiger partial charge in [-0.2, -0.15) is 4.31 Å². The zero-order chi connectivity index (χ0) is 5.98. The summed E-state index contributed by atoms with van der Waals surface area (Å²) in [6.07, 6.45) is 0. The molecule has 1 unspecified atom stereocenters. The first kappa shape index (κ1) is 6.15. The molecule has 1 heterocycles. The van der Waals surface area contributed by atoms with Gasteiger partial charge in [0.25, 0.3) is 0 Å². The molecule has 0 saturated carbocycles. The summed E-state index contributed by atoms with van der Waals surface area (Å²) in [5, 5.41) is 0. The number of rotatable bonds is 1. The monoisotopic (exact) mass is 137 g/mol. The summed E-state index contributed by atoms with van der Waals surface area (Å²) >= 11 is -1.83. The smallest absolute Gasteiger partial charge is 0.236 e. The molecule has 0 spiro atoms. The van der Waals surface area contributed by atoms with Gasteiger partial charge >= 0.3 is 0 Å². The van der Waals surface area contributed by atoms with Crippen LogP contribution in [-0.4, -0.2) is 32.9 Å². The summed E-state index contributed by atoms with van der Waals surface area (Å²) in [5.74, 6) is 0. The van der Waals surface area contributed by atoms with Crippen molar-refractivity contribution in [3.05, 3.63) is 0 Å². The summed E-state index contributed by atoms with van der Waals surface area (Å²) in [4.78, 5) is 0. The molecular weight excluding hydrogens is 130 g/mol. The lowest BCUT2D eigenvalue weighted by Gasteiger charge is -2.03. The summed E-state index contributed by atoms with van der Waals surface area (Å²) in [5.41, 5.74) is 0. The largest absolute Gasteiger partial charge is 0.364 e. The van der Waals surface area contributed by atoms with E-state index in [0.29, 0.717) is 13.2 Å². The highest BCUT2D eigenvalue weighted by molar-refractivity contribution is 7.76. The molecule has 48 valence electrons. The van der Waals surface area contributed by atoms with Crippen molar-refractivity contribution in [1.29, 1.82) is 0 Å². The summed E-state index contributed by atoms with van der Waals surface area (Å²) in [6.45, 7) is 1.40. The van der Waals surface area contributed by atoms with E-state index in [1.54, 1.807) is 0 Å². The van der Waals surface area contributed by atoms with Crippen molar-refractivity contribution >= 4 is 11.3 Å². The molecule has 0 aromatic heterocycles. The van der Waals surface area contributed by atoms with Gasteiger partial charge in [0.05, 0.1) is 6.61 Å². The fraction of sp³-hybridized carbons (Fsp3) is 1.00. The predicted octanol–water partition coefficient (Wildman–Crippen LogP) is -0.587. The zero-order valence-corrected chi connectivity index (χ0v) is 5.06. The SMILES string of the molecule is O=S(O)N1CCOC1. The maximum Gasteiger partial charge on any atom is 0.236 e. The molecule has 1 rings (SSSR count). The maximum absolute atomic E-state index is 10.2. The summed E-state index contributed by atoms with van der Waals surface area (Å²) in [6, 6.07) is 0. The molecule has 1 N–H and O–H groups in total. The van der Waals surface area contributed by atoms with Crippen molar-refractivity contribution in [3.63, 3.8) is 0 Å². The molecule has 1 aliphatic heterocycles. The van der Waals surface area contributed by atoms with Crippen LogP contribution < -0.4 is 0 Å². The Bertz CT molecular complexity index is 101. The zero-order valence-electron chi connectivity index (χ0n) is 4.24. The van der Waals surface area contributed by atoms with Gasteiger partial charge in [0.15, 0.2) is 0 Å². The van der Waals surface area contributed by atoms with Crippen LogP contribution in [-0.2, 0) is 16.0 Å². The first-order chi connectivity index (χ1) is 3.80. The van der Waals surface area contributed by atoms with E-state index in [9.17, 15) is 4.21 Å². The van der Waals surface area contributed by atoms with Crippen LogP contribution >= 0.6 is 0 Å². The minimum atomic E-state index is -1.83. The van der Waals surface area contributed by atoms with Crippen molar-refractivity contribution in [1.82, 2.24) is 4.31 Å². The van der Waals surface area contributed by atoms with Crippen LogP contribution in [0.3, 0.4) is 0 Å². The van der Waals surface area contributed by atoms with E-state index in [4.69, 9.17) is 9.29 Å². The van der Waals surface area contributed by atoms with Gasteiger partial charge in [-0.3, -0.25) is 4.55 Å². The average Bonchev–Trinajstić information content (AvgIpc) is 2.12. The summed E-state index contributed by atoms with van der Waals surface area (Å²) < 4.78 is 24.7. The van der Waals surface area contributed by atoms with Gasteiger partial charge in [-0.25, -0.2) is 4.21 Å². The van der Waals surface area contributed by atoms with Crippen LogP contribution in [0.1, 0.15) is 0 Å². The van der Waals surface area contributed by atoms with E-state index < -0.39 is 11.3 Å². The van der Waals surface area contributed by atoms with Crippen LogP contribution in [0.2, 0.25) is 0 Å². The van der Waals surface area contributed by atoms with E-state index in [-0.39, 0.29) is 6.73 Å². The lowest BCUT2D eigenvalue weighted by Crippen LogP contribution is -2.21. The molecule has 1 atom stereocenters. The standard InChI is InChI=1S/C3H7NO3S/c5-8(6)4-1-2-7-3-4/h1-3H2,(H,5,6). The van der Waals surface area contributed by atoms with Gasteiger partial charge in [-0.15, -0.1) is 0 Å². The molecular formula is C3H7NO3S. The van der Waals surface area contributed by atoms with Gasteiger partial charge in [-0.1, -0.05) is 0 Å². The molecule has 0 aromatic carbocycles. The molecule has 8 heavy (non-hydrogen) atoms. The number of hydrogen-bond acceptors (Lipinski definition) is 2. The third-order valence-corrected chi connectivity index (χ3v) is 1.67. The Morgan fingerprint density at radius 2 is 2.50 bits per heavy atom. The second kappa shape index (κ2) is 2.54. The van der Waals surface area contributed by atoms with Crippen LogP contribution in [0.4, 0.5) is 0 Å². The second-order valence-electron chi connectivity index (χ2n) is 1.47. The molecule has 5 heteroatoms. The van der Waals surface area contributed by atoms with E-state index in [2.05, 4.69) is 0 Å². The topological polar surface area (TPSA) is 49.8 Å². The van der Waals surface area contributed by atoms with Gasteiger partial charge in [0.2, 0.25) is 11.3 Å². The Morgan fingerprint density at radius 3 is 2.75 bits per heavy atom. The quantitative estimate of drug-likeness (QED) is 0.491. The van der Waals surface area contributed by atoms with Gasteiger partial charge in [0, 0.05) is 6.54 Å². The highest BCUT2D eigenvalue weighted by Crippen LogP contribution is 1.99. The first-order valence-electron chi connectivity index (χ1n) is 2.24. The maximum atomic E-state index is 10.2. The molecule has 0 radical (unpaired) electrons. The van der Waals surface area contributed by atoms with Crippen molar-refractivity contribution < 1.29 is 13.5 Å². The van der Waals surface area contributed by atoms with E-state index >= 15 is 0 Å². The number of nitrogens with zero attached hydrogens (tertiary/aromatic N) is 1. The third kappa shape index (κ3) is 1.25. The van der Waals surface area contributed by atoms with E-state index in [0.717, 1.165) is 0 Å². The molecule has 1 saturated heterocycles. The predicted molar refractivity (Wildman–Crippen MR) is 28.3 cm³/mol. The minimum absolute atomic E-state index is 0.281. The molecule has 0 amide bonds. The van der Waals surface area contributed by atoms with Gasteiger partial charge in [0.1, 0.15) is 6.73 Å². The van der Waals surface area contributed by atoms with Crippen LogP contribution in [0, 0.1) is 0 Å². The lowest BCUT2D eigenvalue weighted by molar-refractivity contribution is 0.171. The molecule has 1 aliphatic rings. The van der Waals surface area contributed by atoms with Crippen LogP contribution in [0.5, 0.6) is 0 Å². The summed E-state index contributed by atoms with van der Waals surface area (Å²) in [7, 11) is 0. The third-order valence-electron chi connectivity index (χ3n) is 0.941. The Morgan fingerprint density at radius 1 is 1.75 bits per heavy atom. The molecule has 4 nitrogen and oxygen atoms in total. The Hall–Kier alpha value is 0.0300. The molecule has 0 bridgehead atoms. The second-order valence-corrected chi connectivity index (χ2v) is 2.45. The Balaban J connectivity index is 2.35. The van der Waals surface area contributed by atoms with Crippen molar-refractivity contribution in [3.8, 4) is 0 Å². The lowest BCUT2D eigenvalue weighted by atomic mass is 10.7. The minimum Gasteiger partial charge on any atom is -0.364 e. The molecule has 1 fully saturated rings. The number of ether oxygens (including phenoxy) is 1. The van der Waals surface area contributed by atoms with Crippen molar-refractivity contribution in [2.45, 2.75) is 0 Å².